The number of carbonyl (C=O) groups excluding carboxylic acids is 1. The molecule has 0 aliphatic carbocycles. The Hall–Kier alpha value is -1.62. The summed E-state index contributed by atoms with van der Waals surface area (Å²) in [6.45, 7) is 7.11. The van der Waals surface area contributed by atoms with Crippen LogP contribution >= 0.6 is 39.9 Å². The summed E-state index contributed by atoms with van der Waals surface area (Å²) >= 11 is 3.49. The molecule has 1 saturated heterocycles. The molecule has 0 saturated carbocycles. The predicted octanol–water partition coefficient (Wildman–Crippen LogP) is 2.92. The van der Waals surface area contributed by atoms with E-state index in [9.17, 15) is 4.79 Å². The smallest absolute Gasteiger partial charge is 0.246 e. The highest BCUT2D eigenvalue weighted by atomic mass is 127. The molecule has 0 spiro atoms. The molecule has 0 unspecified atom stereocenters. The Bertz CT molecular complexity index is 853. The minimum absolute atomic E-state index is 0. The average Bonchev–Trinajstić information content (AvgIpc) is 3.06. The summed E-state index contributed by atoms with van der Waals surface area (Å²) in [6.07, 6.45) is 3.59. The largest absolute Gasteiger partial charge is 0.356 e. The third-order valence-electron chi connectivity index (χ3n) is 4.56. The molecule has 0 bridgehead atoms. The first-order valence-electron chi connectivity index (χ1n) is 9.05. The number of piperazine rings is 1. The Kier molecular flexibility index (Phi) is 8.29. The van der Waals surface area contributed by atoms with E-state index in [-0.39, 0.29) is 29.9 Å². The van der Waals surface area contributed by atoms with Gasteiger partial charge in [0, 0.05) is 37.4 Å². The van der Waals surface area contributed by atoms with Crippen LogP contribution in [0.1, 0.15) is 18.1 Å². The van der Waals surface area contributed by atoms with E-state index >= 15 is 0 Å². The van der Waals surface area contributed by atoms with Crippen LogP contribution in [0, 0.1) is 6.92 Å². The van der Waals surface area contributed by atoms with Crippen LogP contribution in [0.5, 0.6) is 0 Å². The van der Waals surface area contributed by atoms with Crippen LogP contribution in [0.3, 0.4) is 0 Å². The van der Waals surface area contributed by atoms with E-state index in [0.29, 0.717) is 19.6 Å². The SMILES string of the molecule is CCNC(=NCc1ccc(Br)cc1C)N1CCN(c2cnn(C)c2)C(=O)C1.I. The summed E-state index contributed by atoms with van der Waals surface area (Å²) in [4.78, 5) is 21.2. The zero-order valence-electron chi connectivity index (χ0n) is 16.4. The molecular formula is C19H26BrIN6O. The quantitative estimate of drug-likeness (QED) is 0.355. The van der Waals surface area contributed by atoms with Crippen molar-refractivity contribution in [2.45, 2.75) is 20.4 Å². The van der Waals surface area contributed by atoms with E-state index in [0.717, 1.165) is 29.2 Å². The molecule has 152 valence electrons. The minimum Gasteiger partial charge on any atom is -0.356 e. The number of amides is 1. The van der Waals surface area contributed by atoms with Gasteiger partial charge in [0.05, 0.1) is 18.4 Å². The lowest BCUT2D eigenvalue weighted by molar-refractivity contribution is -0.120. The van der Waals surface area contributed by atoms with Gasteiger partial charge in [0.15, 0.2) is 5.96 Å². The number of hydrogen-bond acceptors (Lipinski definition) is 3. The number of carbonyl (C=O) groups is 1. The van der Waals surface area contributed by atoms with Crippen LogP contribution in [0.25, 0.3) is 0 Å². The van der Waals surface area contributed by atoms with Gasteiger partial charge in [-0.05, 0) is 37.1 Å². The number of nitrogens with zero attached hydrogens (tertiary/aromatic N) is 5. The molecule has 1 amide bonds. The number of benzene rings is 1. The van der Waals surface area contributed by atoms with Gasteiger partial charge in [-0.25, -0.2) is 4.99 Å². The number of aliphatic imine (C=N–C) groups is 1. The third kappa shape index (κ3) is 5.47. The lowest BCUT2D eigenvalue weighted by Gasteiger charge is -2.35. The van der Waals surface area contributed by atoms with Crippen LogP contribution in [0.2, 0.25) is 0 Å². The second-order valence-corrected chi connectivity index (χ2v) is 7.50. The highest BCUT2D eigenvalue weighted by Gasteiger charge is 2.27. The van der Waals surface area contributed by atoms with Gasteiger partial charge in [-0.3, -0.25) is 9.48 Å². The van der Waals surface area contributed by atoms with Gasteiger partial charge in [-0.1, -0.05) is 22.0 Å². The van der Waals surface area contributed by atoms with Crippen molar-refractivity contribution in [2.24, 2.45) is 12.0 Å². The van der Waals surface area contributed by atoms with Gasteiger partial charge < -0.3 is 15.1 Å². The summed E-state index contributed by atoms with van der Waals surface area (Å²) in [5, 5.41) is 7.47. The lowest BCUT2D eigenvalue weighted by Crippen LogP contribution is -2.55. The van der Waals surface area contributed by atoms with Gasteiger partial charge in [0.1, 0.15) is 6.54 Å². The van der Waals surface area contributed by atoms with E-state index in [1.54, 1.807) is 15.8 Å². The van der Waals surface area contributed by atoms with Crippen LogP contribution < -0.4 is 10.2 Å². The summed E-state index contributed by atoms with van der Waals surface area (Å²) < 4.78 is 2.78. The number of guanidine groups is 1. The molecule has 28 heavy (non-hydrogen) atoms. The van der Waals surface area contributed by atoms with Gasteiger partial charge >= 0.3 is 0 Å². The van der Waals surface area contributed by atoms with Crippen LogP contribution in [-0.4, -0.2) is 52.7 Å². The van der Waals surface area contributed by atoms with Crippen molar-refractivity contribution in [3.05, 3.63) is 46.2 Å². The van der Waals surface area contributed by atoms with E-state index in [4.69, 9.17) is 4.99 Å². The monoisotopic (exact) mass is 560 g/mol. The van der Waals surface area contributed by atoms with E-state index in [1.165, 1.54) is 11.1 Å². The summed E-state index contributed by atoms with van der Waals surface area (Å²) in [5.41, 5.74) is 3.21. The molecule has 1 N–H and O–H groups in total. The zero-order chi connectivity index (χ0) is 19.4. The fourth-order valence-corrected chi connectivity index (χ4v) is 3.57. The Morgan fingerprint density at radius 1 is 1.36 bits per heavy atom. The highest BCUT2D eigenvalue weighted by molar-refractivity contribution is 14.0. The molecule has 9 heteroatoms. The topological polar surface area (TPSA) is 65.8 Å². The van der Waals surface area contributed by atoms with Crippen molar-refractivity contribution >= 4 is 57.5 Å². The van der Waals surface area contributed by atoms with Gasteiger partial charge in [-0.2, -0.15) is 5.10 Å². The normalized spacial score (nSPS) is 14.9. The van der Waals surface area contributed by atoms with Crippen molar-refractivity contribution in [2.75, 3.05) is 31.1 Å². The molecular weight excluding hydrogens is 535 g/mol. The Morgan fingerprint density at radius 2 is 2.14 bits per heavy atom. The first-order valence-corrected chi connectivity index (χ1v) is 9.84. The number of aromatic nitrogens is 2. The molecule has 2 aromatic rings. The Balaban J connectivity index is 0.00000280. The second kappa shape index (κ2) is 10.2. The molecule has 1 aromatic carbocycles. The fraction of sp³-hybridized carbons (Fsp3) is 0.421. The number of aryl methyl sites for hydroxylation is 2. The minimum atomic E-state index is 0. The molecule has 7 nitrogen and oxygen atoms in total. The molecule has 0 atom stereocenters. The van der Waals surface area contributed by atoms with Crippen LogP contribution in [0.4, 0.5) is 5.69 Å². The first kappa shape index (κ1) is 22.7. The van der Waals surface area contributed by atoms with Crippen molar-refractivity contribution in [3.63, 3.8) is 0 Å². The standard InChI is InChI=1S/C19H25BrN6O.HI/c1-4-21-19(22-10-15-5-6-16(20)9-14(15)2)25-7-8-26(18(27)13-25)17-11-23-24(3)12-17;/h5-6,9,11-12H,4,7-8,10,13H2,1-3H3,(H,21,22);1H. The fourth-order valence-electron chi connectivity index (χ4n) is 3.10. The highest BCUT2D eigenvalue weighted by Crippen LogP contribution is 2.18. The van der Waals surface area contributed by atoms with Crippen LogP contribution in [-0.2, 0) is 18.4 Å². The van der Waals surface area contributed by atoms with Crippen molar-refractivity contribution in [3.8, 4) is 0 Å². The maximum Gasteiger partial charge on any atom is 0.246 e. The van der Waals surface area contributed by atoms with Crippen LogP contribution in [0.15, 0.2) is 40.1 Å². The predicted molar refractivity (Wildman–Crippen MR) is 126 cm³/mol. The third-order valence-corrected chi connectivity index (χ3v) is 5.06. The maximum absolute atomic E-state index is 12.6. The number of nitrogens with one attached hydrogen (secondary N) is 1. The zero-order valence-corrected chi connectivity index (χ0v) is 20.3. The van der Waals surface area contributed by atoms with E-state index < -0.39 is 0 Å². The first-order chi connectivity index (χ1) is 13.0. The molecule has 3 rings (SSSR count). The van der Waals surface area contributed by atoms with Crippen molar-refractivity contribution in [1.82, 2.24) is 20.0 Å². The number of anilines is 1. The van der Waals surface area contributed by atoms with Crippen molar-refractivity contribution in [1.29, 1.82) is 0 Å². The molecule has 1 aliphatic rings. The lowest BCUT2D eigenvalue weighted by atomic mass is 10.1. The molecule has 1 aromatic heterocycles. The Labute approximate surface area is 191 Å². The van der Waals surface area contributed by atoms with Gasteiger partial charge in [0.2, 0.25) is 5.91 Å². The maximum atomic E-state index is 12.6. The van der Waals surface area contributed by atoms with E-state index in [2.05, 4.69) is 45.4 Å². The molecule has 1 fully saturated rings. The van der Waals surface area contributed by atoms with E-state index in [1.807, 2.05) is 31.1 Å². The summed E-state index contributed by atoms with van der Waals surface area (Å²) in [6, 6.07) is 6.20. The van der Waals surface area contributed by atoms with Gasteiger partial charge in [0.25, 0.3) is 0 Å². The Morgan fingerprint density at radius 3 is 2.75 bits per heavy atom. The molecule has 0 radical (unpaired) electrons. The van der Waals surface area contributed by atoms with Crippen molar-refractivity contribution < 1.29 is 4.79 Å². The average molecular weight is 561 g/mol. The second-order valence-electron chi connectivity index (χ2n) is 6.58. The number of rotatable bonds is 4. The number of hydrogen-bond donors (Lipinski definition) is 1. The molecule has 1 aliphatic heterocycles. The van der Waals surface area contributed by atoms with Gasteiger partial charge in [-0.15, -0.1) is 24.0 Å². The summed E-state index contributed by atoms with van der Waals surface area (Å²) in [5.74, 6) is 0.832. The molecule has 2 heterocycles. The number of halogens is 2. The summed E-state index contributed by atoms with van der Waals surface area (Å²) in [7, 11) is 1.85.